The fourth-order valence-corrected chi connectivity index (χ4v) is 4.93. The summed E-state index contributed by atoms with van der Waals surface area (Å²) in [6.07, 6.45) is 1.89. The molecule has 0 fully saturated rings. The summed E-state index contributed by atoms with van der Waals surface area (Å²) in [5.41, 5.74) is 6.69. The zero-order valence-electron chi connectivity index (χ0n) is 20.7. The van der Waals surface area contributed by atoms with Crippen LogP contribution < -0.4 is 9.64 Å². The number of benzene rings is 2. The third kappa shape index (κ3) is 5.03. The monoisotopic (exact) mass is 661 g/mol. The molecule has 0 aliphatic carbocycles. The van der Waals surface area contributed by atoms with Crippen LogP contribution in [0.4, 0.5) is 5.69 Å². The van der Waals surface area contributed by atoms with Gasteiger partial charge in [0.25, 0.3) is 0 Å². The van der Waals surface area contributed by atoms with E-state index in [9.17, 15) is 0 Å². The molecular formula is C29H28N3OPtS-3. The molecule has 0 amide bonds. The normalized spacial score (nSPS) is 14.0. The molecule has 0 bridgehead atoms. The standard InChI is InChI=1S/C29H28N3OS.Pt/c1-19-20(2)32(18-31(19)6)22-9-7-10-23(16-22)33-28-17-25-24(11-8-12-27(25)34-28)26-15-21(13-14-30-26)29(3,4)5;/h7-15,18H,1-6H3;/q-3;. The van der Waals surface area contributed by atoms with Gasteiger partial charge in [-0.1, -0.05) is 31.5 Å². The van der Waals surface area contributed by atoms with E-state index in [1.165, 1.54) is 17.0 Å². The number of ether oxygens (including phenoxy) is 1. The third-order valence-electron chi connectivity index (χ3n) is 6.28. The first-order chi connectivity index (χ1) is 16.2. The first-order valence-corrected chi connectivity index (χ1v) is 12.2. The van der Waals surface area contributed by atoms with E-state index in [0.717, 1.165) is 27.0 Å². The molecule has 184 valence electrons. The minimum absolute atomic E-state index is 0. The average molecular weight is 662 g/mol. The van der Waals surface area contributed by atoms with Crippen LogP contribution in [-0.4, -0.2) is 16.9 Å². The number of rotatable bonds is 4. The van der Waals surface area contributed by atoms with Gasteiger partial charge in [-0.3, -0.25) is 4.98 Å². The Labute approximate surface area is 226 Å². The molecule has 1 aliphatic heterocycles. The van der Waals surface area contributed by atoms with Crippen molar-refractivity contribution in [2.24, 2.45) is 0 Å². The van der Waals surface area contributed by atoms with Crippen LogP contribution in [0.15, 0.2) is 66.1 Å². The second-order valence-electron chi connectivity index (χ2n) is 9.64. The largest absolute Gasteiger partial charge is 0.508 e. The number of thiophene rings is 1. The first-order valence-electron chi connectivity index (χ1n) is 11.4. The molecule has 2 aromatic carbocycles. The van der Waals surface area contributed by atoms with E-state index in [4.69, 9.17) is 4.74 Å². The Morgan fingerprint density at radius 2 is 1.77 bits per heavy atom. The number of aromatic nitrogens is 1. The predicted molar refractivity (Wildman–Crippen MR) is 141 cm³/mol. The summed E-state index contributed by atoms with van der Waals surface area (Å²) in [5, 5.41) is 1.75. The van der Waals surface area contributed by atoms with Gasteiger partial charge in [-0.05, 0) is 49.7 Å². The maximum Gasteiger partial charge on any atom is 0.107 e. The van der Waals surface area contributed by atoms with E-state index >= 15 is 0 Å². The van der Waals surface area contributed by atoms with Crippen molar-refractivity contribution in [1.29, 1.82) is 0 Å². The van der Waals surface area contributed by atoms with E-state index in [-0.39, 0.29) is 26.5 Å². The Hall–Kier alpha value is -2.62. The van der Waals surface area contributed by atoms with Gasteiger partial charge in [0.2, 0.25) is 0 Å². The smallest absolute Gasteiger partial charge is 0.107 e. The van der Waals surface area contributed by atoms with Gasteiger partial charge < -0.3 is 14.5 Å². The number of hydrogen-bond acceptors (Lipinski definition) is 5. The molecule has 0 spiro atoms. The van der Waals surface area contributed by atoms with Crippen molar-refractivity contribution in [3.05, 3.63) is 90.5 Å². The van der Waals surface area contributed by atoms with Crippen molar-refractivity contribution in [3.8, 4) is 22.1 Å². The van der Waals surface area contributed by atoms with Crippen molar-refractivity contribution in [2.45, 2.75) is 40.0 Å². The predicted octanol–water partition coefficient (Wildman–Crippen LogP) is 7.77. The summed E-state index contributed by atoms with van der Waals surface area (Å²) < 4.78 is 7.36. The van der Waals surface area contributed by atoms with Gasteiger partial charge in [-0.25, -0.2) is 0 Å². The average Bonchev–Trinajstić information content (AvgIpc) is 3.34. The number of anilines is 1. The SMILES string of the molecule is CC1=C(C)N(c2[c-]c(Oc3[c-]c4c(-c5cc(C(C)(C)C)ccn5)cccc4s3)ccc2)[CH-]N1C.[Pt]. The molecule has 0 saturated heterocycles. The Bertz CT molecular complexity index is 1400. The van der Waals surface area contributed by atoms with Crippen molar-refractivity contribution in [2.75, 3.05) is 11.9 Å². The molecule has 0 atom stereocenters. The van der Waals surface area contributed by atoms with Crippen molar-refractivity contribution in [1.82, 2.24) is 9.88 Å². The molecule has 4 aromatic rings. The second kappa shape index (κ2) is 9.79. The Balaban J connectivity index is 0.00000289. The number of nitrogens with zero attached hydrogens (tertiary/aromatic N) is 3. The van der Waals surface area contributed by atoms with E-state index in [1.807, 2.05) is 24.4 Å². The first kappa shape index (κ1) is 25.5. The molecule has 0 unspecified atom stereocenters. The third-order valence-corrected chi connectivity index (χ3v) is 7.21. The quantitative estimate of drug-likeness (QED) is 0.209. The molecule has 5 rings (SSSR count). The summed E-state index contributed by atoms with van der Waals surface area (Å²) in [4.78, 5) is 8.90. The van der Waals surface area contributed by atoms with Crippen LogP contribution in [0, 0.1) is 18.8 Å². The van der Waals surface area contributed by atoms with Crippen LogP contribution in [0.3, 0.4) is 0 Å². The van der Waals surface area contributed by atoms with Gasteiger partial charge in [-0.15, -0.1) is 47.6 Å². The minimum Gasteiger partial charge on any atom is -0.508 e. The summed E-state index contributed by atoms with van der Waals surface area (Å²) in [6, 6.07) is 23.4. The summed E-state index contributed by atoms with van der Waals surface area (Å²) in [7, 11) is 2.05. The van der Waals surface area contributed by atoms with E-state index < -0.39 is 0 Å². The maximum absolute atomic E-state index is 6.24. The van der Waals surface area contributed by atoms with Crippen LogP contribution in [0.1, 0.15) is 40.2 Å². The van der Waals surface area contributed by atoms with Gasteiger partial charge in [0.05, 0.1) is 0 Å². The summed E-state index contributed by atoms with van der Waals surface area (Å²) in [6.45, 7) is 12.9. The van der Waals surface area contributed by atoms with E-state index in [1.54, 1.807) is 11.3 Å². The molecular weight excluding hydrogens is 633 g/mol. The molecule has 35 heavy (non-hydrogen) atoms. The number of hydrogen-bond donors (Lipinski definition) is 0. The molecule has 4 nitrogen and oxygen atoms in total. The van der Waals surface area contributed by atoms with E-state index in [0.29, 0.717) is 10.8 Å². The van der Waals surface area contributed by atoms with Crippen LogP contribution in [0.25, 0.3) is 21.3 Å². The van der Waals surface area contributed by atoms with Crippen molar-refractivity contribution >= 4 is 27.1 Å². The number of allylic oxidation sites excluding steroid dienone is 2. The van der Waals surface area contributed by atoms with Crippen LogP contribution in [0.2, 0.25) is 0 Å². The topological polar surface area (TPSA) is 28.6 Å². The zero-order chi connectivity index (χ0) is 24.0. The van der Waals surface area contributed by atoms with Gasteiger partial charge in [-0.2, -0.15) is 29.5 Å². The van der Waals surface area contributed by atoms with Crippen LogP contribution >= 0.6 is 11.3 Å². The molecule has 2 aromatic heterocycles. The van der Waals surface area contributed by atoms with Crippen LogP contribution in [-0.2, 0) is 26.5 Å². The Morgan fingerprint density at radius 1 is 1.00 bits per heavy atom. The van der Waals surface area contributed by atoms with Gasteiger partial charge in [0, 0.05) is 44.4 Å². The van der Waals surface area contributed by atoms with Crippen molar-refractivity contribution < 1.29 is 25.8 Å². The fourth-order valence-electron chi connectivity index (χ4n) is 4.03. The summed E-state index contributed by atoms with van der Waals surface area (Å²) >= 11 is 1.59. The molecule has 1 aliphatic rings. The molecule has 6 heteroatoms. The van der Waals surface area contributed by atoms with E-state index in [2.05, 4.69) is 106 Å². The van der Waals surface area contributed by atoms with Gasteiger partial charge in [0.15, 0.2) is 0 Å². The summed E-state index contributed by atoms with van der Waals surface area (Å²) in [5.74, 6) is 0.670. The minimum atomic E-state index is 0. The Kier molecular flexibility index (Phi) is 7.13. The van der Waals surface area contributed by atoms with Crippen LogP contribution in [0.5, 0.6) is 10.8 Å². The fraction of sp³-hybridized carbons (Fsp3) is 0.241. The molecule has 0 saturated carbocycles. The second-order valence-corrected chi connectivity index (χ2v) is 10.7. The number of pyridine rings is 1. The zero-order valence-corrected chi connectivity index (χ0v) is 23.8. The van der Waals surface area contributed by atoms with Gasteiger partial charge >= 0.3 is 0 Å². The maximum atomic E-state index is 6.24. The molecule has 3 heterocycles. The molecule has 0 N–H and O–H groups in total. The number of fused-ring (bicyclic) bond motifs is 1. The molecule has 0 radical (unpaired) electrons. The van der Waals surface area contributed by atoms with Crippen molar-refractivity contribution in [3.63, 3.8) is 0 Å². The Morgan fingerprint density at radius 3 is 2.49 bits per heavy atom. The van der Waals surface area contributed by atoms with Gasteiger partial charge in [0.1, 0.15) is 5.06 Å².